The molecule has 0 saturated carbocycles. The van der Waals surface area contributed by atoms with Crippen LogP contribution in [0, 0.1) is 11.6 Å². The Labute approximate surface area is 351 Å². The number of rotatable bonds is 12. The molecule has 0 unspecified atom stereocenters. The van der Waals surface area contributed by atoms with Crippen LogP contribution in [0.1, 0.15) is 19.4 Å². The Bertz CT molecular complexity index is 2300. The second kappa shape index (κ2) is 17.0. The molecule has 3 aliphatic rings. The molecule has 336 valence electrons. The summed E-state index contributed by atoms with van der Waals surface area (Å²) in [5.74, 6) is -13.5. The van der Waals surface area contributed by atoms with Crippen LogP contribution in [0.2, 0.25) is 0 Å². The third-order valence-corrected chi connectivity index (χ3v) is 10.1. The van der Waals surface area contributed by atoms with Gasteiger partial charge in [0.05, 0.1) is 18.8 Å². The maximum atomic E-state index is 15.0. The number of carbonyl (C=O) groups excluding carboxylic acids is 4. The Morgan fingerprint density at radius 1 is 0.825 bits per heavy atom. The molecule has 0 bridgehead atoms. The van der Waals surface area contributed by atoms with E-state index in [1.165, 1.54) is 47.7 Å². The zero-order valence-corrected chi connectivity index (χ0v) is 32.9. The largest absolute Gasteiger partial charge is 0.491 e. The molecule has 2 atom stereocenters. The highest BCUT2D eigenvalue weighted by molar-refractivity contribution is 6.23. The van der Waals surface area contributed by atoms with Crippen molar-refractivity contribution in [3.05, 3.63) is 96.6 Å². The normalized spacial score (nSPS) is 20.5. The van der Waals surface area contributed by atoms with E-state index < -0.39 is 71.7 Å². The SMILES string of the molecule is CC(C)N1C(=O)N(c2ccc(N3CCN(c4ccc(OC[C@H]5OC[C@](Cn6cncn6)(c6ccc(F)cc6F)O5)cc4)CC3)cc2)C(=O)C1(OC(=O)C(F)(F)F)OC(=O)C(F)(F)F. The van der Waals surface area contributed by atoms with E-state index in [-0.39, 0.29) is 40.8 Å². The molecule has 24 heteroatoms. The molecule has 0 radical (unpaired) electrons. The van der Waals surface area contributed by atoms with Crippen LogP contribution in [0.25, 0.3) is 0 Å². The summed E-state index contributed by atoms with van der Waals surface area (Å²) in [4.78, 5) is 58.9. The summed E-state index contributed by atoms with van der Waals surface area (Å²) in [7, 11) is 0. The van der Waals surface area contributed by atoms with Gasteiger partial charge in [0.1, 0.15) is 42.2 Å². The number of carbonyl (C=O) groups is 4. The maximum absolute atomic E-state index is 15.0. The smallest absolute Gasteiger partial charge is 0.488 e. The van der Waals surface area contributed by atoms with Crippen LogP contribution < -0.4 is 19.4 Å². The summed E-state index contributed by atoms with van der Waals surface area (Å²) < 4.78 is 136. The number of urea groups is 1. The van der Waals surface area contributed by atoms with E-state index in [1.54, 1.807) is 12.1 Å². The lowest BCUT2D eigenvalue weighted by Gasteiger charge is -2.37. The number of ether oxygens (including phenoxy) is 5. The number of piperazine rings is 1. The predicted octanol–water partition coefficient (Wildman–Crippen LogP) is 5.27. The van der Waals surface area contributed by atoms with Gasteiger partial charge in [-0.05, 0) is 68.4 Å². The Kier molecular flexibility index (Phi) is 12.0. The Morgan fingerprint density at radius 2 is 1.38 bits per heavy atom. The average Bonchev–Trinajstić information content (AvgIpc) is 3.94. The first-order chi connectivity index (χ1) is 29.7. The number of nitrogens with zero attached hydrogens (tertiary/aromatic N) is 7. The number of halogens is 8. The van der Waals surface area contributed by atoms with Crippen molar-refractivity contribution in [2.45, 2.75) is 56.6 Å². The number of benzene rings is 3. The van der Waals surface area contributed by atoms with Crippen LogP contribution in [0.3, 0.4) is 0 Å². The van der Waals surface area contributed by atoms with Gasteiger partial charge in [0.25, 0.3) is 0 Å². The van der Waals surface area contributed by atoms with Gasteiger partial charge in [-0.2, -0.15) is 31.4 Å². The summed E-state index contributed by atoms with van der Waals surface area (Å²) in [6.07, 6.45) is -9.90. The summed E-state index contributed by atoms with van der Waals surface area (Å²) >= 11 is 0. The number of hydrogen-bond acceptors (Lipinski definition) is 13. The maximum Gasteiger partial charge on any atom is 0.491 e. The number of imide groups is 1. The van der Waals surface area contributed by atoms with Crippen molar-refractivity contribution >= 4 is 40.9 Å². The number of hydrogen-bond donors (Lipinski definition) is 0. The van der Waals surface area contributed by atoms with E-state index >= 15 is 0 Å². The van der Waals surface area contributed by atoms with Gasteiger partial charge < -0.3 is 33.5 Å². The fourth-order valence-corrected chi connectivity index (χ4v) is 7.25. The molecule has 0 spiro atoms. The Balaban J connectivity index is 0.969. The van der Waals surface area contributed by atoms with Crippen molar-refractivity contribution in [2.75, 3.05) is 54.1 Å². The van der Waals surface area contributed by atoms with E-state index in [0.29, 0.717) is 37.6 Å². The molecule has 3 fully saturated rings. The van der Waals surface area contributed by atoms with Gasteiger partial charge >= 0.3 is 42.1 Å². The topological polar surface area (TPSA) is 158 Å². The van der Waals surface area contributed by atoms with Gasteiger partial charge in [-0.1, -0.05) is 6.07 Å². The average molecular weight is 898 g/mol. The first-order valence-electron chi connectivity index (χ1n) is 18.9. The standard InChI is InChI=1S/C39H35F8N7O9/c1-23(2)54-35(58)53(32(55)39(54,62-33(56)37(42,43)44)63-34(57)38(45,46)47)27-6-4-25(5-7-27)50-13-15-51(16-14-50)26-8-10-28(11-9-26)59-18-31-60-20-36(61-31,19-52-22-48-21-49-52)29-12-3-24(40)17-30(29)41/h3-12,17,21-23,31H,13-16,18-20H2,1-2H3/t31-,36+/m0/s1. The monoisotopic (exact) mass is 897 g/mol. The first kappa shape index (κ1) is 44.5. The Morgan fingerprint density at radius 3 is 1.89 bits per heavy atom. The highest BCUT2D eigenvalue weighted by Gasteiger charge is 2.69. The third-order valence-electron chi connectivity index (χ3n) is 10.1. The minimum atomic E-state index is -5.86. The minimum absolute atomic E-state index is 0.0000756. The van der Waals surface area contributed by atoms with Crippen LogP contribution >= 0.6 is 0 Å². The van der Waals surface area contributed by atoms with Gasteiger partial charge in [-0.25, -0.2) is 42.6 Å². The molecule has 3 aromatic carbocycles. The molecule has 3 amide bonds. The quantitative estimate of drug-likeness (QED) is 0.0785. The fraction of sp³-hybridized carbons (Fsp3) is 0.385. The first-order valence-corrected chi connectivity index (χ1v) is 18.9. The lowest BCUT2D eigenvalue weighted by molar-refractivity contribution is -0.292. The van der Waals surface area contributed by atoms with Gasteiger partial charge in [-0.3, -0.25) is 4.79 Å². The molecule has 4 aromatic rings. The zero-order valence-electron chi connectivity index (χ0n) is 32.9. The summed E-state index contributed by atoms with van der Waals surface area (Å²) in [6.45, 7) is 4.02. The van der Waals surface area contributed by atoms with E-state index in [0.717, 1.165) is 31.7 Å². The molecule has 1 aromatic heterocycles. The molecule has 3 saturated heterocycles. The van der Waals surface area contributed by atoms with Gasteiger partial charge in [-0.15, -0.1) is 0 Å². The molecule has 63 heavy (non-hydrogen) atoms. The number of esters is 2. The van der Waals surface area contributed by atoms with Crippen molar-refractivity contribution in [2.24, 2.45) is 0 Å². The molecule has 16 nitrogen and oxygen atoms in total. The number of amides is 3. The number of anilines is 3. The highest BCUT2D eigenvalue weighted by atomic mass is 19.4. The lowest BCUT2D eigenvalue weighted by atomic mass is 9.94. The highest BCUT2D eigenvalue weighted by Crippen LogP contribution is 2.41. The van der Waals surface area contributed by atoms with Gasteiger partial charge in [0, 0.05) is 55.2 Å². The van der Waals surface area contributed by atoms with E-state index in [1.807, 2.05) is 17.0 Å². The fourth-order valence-electron chi connectivity index (χ4n) is 7.25. The summed E-state index contributed by atoms with van der Waals surface area (Å²) in [6, 6.07) is 12.7. The van der Waals surface area contributed by atoms with Crippen LogP contribution in [-0.2, 0) is 45.5 Å². The lowest BCUT2D eigenvalue weighted by Crippen LogP contribution is -2.60. The van der Waals surface area contributed by atoms with Crippen molar-refractivity contribution < 1.29 is 78.0 Å². The molecular weight excluding hydrogens is 862 g/mol. The molecule has 4 heterocycles. The predicted molar refractivity (Wildman–Crippen MR) is 199 cm³/mol. The van der Waals surface area contributed by atoms with Gasteiger partial charge in [0.2, 0.25) is 0 Å². The second-order valence-corrected chi connectivity index (χ2v) is 14.6. The van der Waals surface area contributed by atoms with E-state index in [4.69, 9.17) is 14.2 Å². The third kappa shape index (κ3) is 9.03. The van der Waals surface area contributed by atoms with Crippen molar-refractivity contribution in [3.63, 3.8) is 0 Å². The molecular formula is C39H35F8N7O9. The van der Waals surface area contributed by atoms with Gasteiger partial charge in [0.15, 0.2) is 6.29 Å². The summed E-state index contributed by atoms with van der Waals surface area (Å²) in [5, 5.41) is 4.08. The Hall–Kier alpha value is -6.56. The van der Waals surface area contributed by atoms with Crippen molar-refractivity contribution in [1.82, 2.24) is 19.7 Å². The van der Waals surface area contributed by atoms with Crippen molar-refractivity contribution in [1.29, 1.82) is 0 Å². The van der Waals surface area contributed by atoms with Crippen LogP contribution in [0.15, 0.2) is 79.4 Å². The summed E-state index contributed by atoms with van der Waals surface area (Å²) in [5.41, 5.74) is -0.176. The zero-order chi connectivity index (χ0) is 45.5. The second-order valence-electron chi connectivity index (χ2n) is 14.6. The molecule has 0 aliphatic carbocycles. The molecule has 3 aliphatic heterocycles. The van der Waals surface area contributed by atoms with Crippen LogP contribution in [0.5, 0.6) is 5.75 Å². The molecule has 7 rings (SSSR count). The number of aromatic nitrogens is 3. The minimum Gasteiger partial charge on any atom is -0.488 e. The van der Waals surface area contributed by atoms with E-state index in [9.17, 15) is 54.3 Å². The molecule has 0 N–H and O–H groups in total. The van der Waals surface area contributed by atoms with Crippen molar-refractivity contribution in [3.8, 4) is 5.75 Å². The number of alkyl halides is 6. The van der Waals surface area contributed by atoms with E-state index in [2.05, 4.69) is 24.5 Å². The van der Waals surface area contributed by atoms with Crippen LogP contribution in [-0.4, -0.2) is 114 Å². The van der Waals surface area contributed by atoms with Crippen LogP contribution in [0.4, 0.5) is 57.0 Å².